The number of benzene rings is 2. The maximum Gasteiger partial charge on any atom is 0.318 e. The highest BCUT2D eigenvalue weighted by Gasteiger charge is 2.31. The Balaban J connectivity index is 0.000000188. The van der Waals surface area contributed by atoms with Crippen LogP contribution in [0.4, 0.5) is 10.5 Å². The summed E-state index contributed by atoms with van der Waals surface area (Å²) in [7, 11) is 1.52. The van der Waals surface area contributed by atoms with Crippen LogP contribution in [0.3, 0.4) is 0 Å². The summed E-state index contributed by atoms with van der Waals surface area (Å²) in [5.41, 5.74) is 5.48. The fourth-order valence-electron chi connectivity index (χ4n) is 3.21. The molecule has 8 heteroatoms. The number of carbonyl (C=O) groups is 3. The Morgan fingerprint density at radius 3 is 2.56 bits per heavy atom. The first kappa shape index (κ1) is 22.7. The number of aromatic nitrogens is 2. The molecular weight excluding hydrogens is 408 g/mol. The van der Waals surface area contributed by atoms with Crippen molar-refractivity contribution >= 4 is 23.3 Å². The lowest BCUT2D eigenvalue weighted by molar-refractivity contribution is -0.117. The number of nitrogens with one attached hydrogen (secondary N) is 3. The Kier molecular flexibility index (Phi) is 7.04. The van der Waals surface area contributed by atoms with Crippen LogP contribution in [0.15, 0.2) is 42.6 Å². The van der Waals surface area contributed by atoms with Gasteiger partial charge < -0.3 is 15.4 Å². The first-order valence-electron chi connectivity index (χ1n) is 10.2. The van der Waals surface area contributed by atoms with Gasteiger partial charge in [0.15, 0.2) is 5.78 Å². The second-order valence-electron chi connectivity index (χ2n) is 7.47. The summed E-state index contributed by atoms with van der Waals surface area (Å²) in [5.74, 6) is 0.879. The molecule has 0 saturated carbocycles. The number of anilines is 1. The molecule has 4 rings (SSSR count). The molecule has 1 heterocycles. The number of rotatable bonds is 5. The number of urea groups is 1. The predicted molar refractivity (Wildman–Crippen MR) is 122 cm³/mol. The van der Waals surface area contributed by atoms with Gasteiger partial charge in [-0.1, -0.05) is 18.2 Å². The Labute approximate surface area is 186 Å². The van der Waals surface area contributed by atoms with Gasteiger partial charge in [0.1, 0.15) is 11.5 Å². The number of ether oxygens (including phenoxy) is 1. The fourth-order valence-corrected chi connectivity index (χ4v) is 3.21. The van der Waals surface area contributed by atoms with Crippen molar-refractivity contribution in [3.8, 4) is 17.0 Å². The minimum absolute atomic E-state index is 0.124. The third-order valence-corrected chi connectivity index (χ3v) is 5.12. The molecule has 32 heavy (non-hydrogen) atoms. The molecule has 0 unspecified atom stereocenters. The summed E-state index contributed by atoms with van der Waals surface area (Å²) < 4.78 is 5.43. The predicted octanol–water partition coefficient (Wildman–Crippen LogP) is 4.03. The Bertz CT molecular complexity index is 1170. The van der Waals surface area contributed by atoms with Crippen molar-refractivity contribution in [1.82, 2.24) is 15.5 Å². The molecular formula is C24H26N4O4. The highest BCUT2D eigenvalue weighted by molar-refractivity contribution is 6.24. The molecule has 1 aliphatic carbocycles. The lowest BCUT2D eigenvalue weighted by atomic mass is 10.1. The second-order valence-corrected chi connectivity index (χ2v) is 7.47. The molecule has 0 radical (unpaired) electrons. The Hall–Kier alpha value is -3.94. The van der Waals surface area contributed by atoms with Gasteiger partial charge in [0.25, 0.3) is 0 Å². The molecule has 1 aliphatic rings. The van der Waals surface area contributed by atoms with Crippen LogP contribution >= 0.6 is 0 Å². The van der Waals surface area contributed by atoms with E-state index in [1.807, 2.05) is 31.2 Å². The largest absolute Gasteiger partial charge is 0.493 e. The summed E-state index contributed by atoms with van der Waals surface area (Å²) in [6.07, 6.45) is 1.98. The van der Waals surface area contributed by atoms with Crippen LogP contribution in [0.1, 0.15) is 40.4 Å². The van der Waals surface area contributed by atoms with Gasteiger partial charge in [-0.2, -0.15) is 5.10 Å². The van der Waals surface area contributed by atoms with Crippen LogP contribution in [0.25, 0.3) is 11.3 Å². The molecule has 0 bridgehead atoms. The van der Waals surface area contributed by atoms with E-state index in [-0.39, 0.29) is 17.6 Å². The van der Waals surface area contributed by atoms with Gasteiger partial charge in [-0.05, 0) is 50.1 Å². The number of aryl methyl sites for hydroxylation is 2. The second kappa shape index (κ2) is 9.91. The van der Waals surface area contributed by atoms with Crippen molar-refractivity contribution in [3.63, 3.8) is 0 Å². The van der Waals surface area contributed by atoms with Gasteiger partial charge >= 0.3 is 6.03 Å². The minimum atomic E-state index is -0.357. The molecule has 3 aromatic rings. The zero-order valence-electron chi connectivity index (χ0n) is 18.5. The maximum atomic E-state index is 12.2. The van der Waals surface area contributed by atoms with E-state index >= 15 is 0 Å². The SMILES string of the molecule is CC(=O)CCOc1ccc(C)c(C)c1.CNC(=O)Nc1cccc2c1C(=O)c1cn[nH]c1-2. The van der Waals surface area contributed by atoms with Gasteiger partial charge in [0, 0.05) is 19.0 Å². The fraction of sp³-hybridized carbons (Fsp3) is 0.250. The Morgan fingerprint density at radius 2 is 1.88 bits per heavy atom. The first-order valence-corrected chi connectivity index (χ1v) is 10.2. The standard InChI is InChI=1S/C12H10N4O2.C12H16O2/c1-13-12(18)15-8-4-2-3-6-9(8)11(17)7-5-14-16-10(6)7;1-9-4-5-12(8-10(9)2)14-7-6-11(3)13/h2-5H,1H3,(H,14,16)(H2,13,15,18);4-5,8H,6-7H2,1-3H3. The van der Waals surface area contributed by atoms with Crippen molar-refractivity contribution < 1.29 is 19.1 Å². The van der Waals surface area contributed by atoms with Gasteiger partial charge in [-0.3, -0.25) is 14.7 Å². The number of aromatic amines is 1. The van der Waals surface area contributed by atoms with E-state index in [1.165, 1.54) is 24.4 Å². The third kappa shape index (κ3) is 5.03. The molecule has 8 nitrogen and oxygen atoms in total. The summed E-state index contributed by atoms with van der Waals surface area (Å²) >= 11 is 0. The number of Topliss-reactive ketones (excluding diaryl/α,β-unsaturated/α-hetero) is 1. The van der Waals surface area contributed by atoms with Crippen LogP contribution in [-0.2, 0) is 4.79 Å². The topological polar surface area (TPSA) is 113 Å². The quantitative estimate of drug-likeness (QED) is 0.439. The van der Waals surface area contributed by atoms with Crippen molar-refractivity contribution in [3.05, 3.63) is 64.8 Å². The molecule has 0 atom stereocenters. The monoisotopic (exact) mass is 434 g/mol. The van der Waals surface area contributed by atoms with Crippen LogP contribution in [-0.4, -0.2) is 41.4 Å². The van der Waals surface area contributed by atoms with E-state index in [0.717, 1.165) is 11.3 Å². The molecule has 2 aromatic carbocycles. The van der Waals surface area contributed by atoms with Gasteiger partial charge in [0.05, 0.1) is 35.3 Å². The first-order chi connectivity index (χ1) is 15.3. The van der Waals surface area contributed by atoms with Crippen molar-refractivity contribution in [2.24, 2.45) is 0 Å². The molecule has 1 aromatic heterocycles. The number of carbonyl (C=O) groups excluding carboxylic acids is 3. The van der Waals surface area contributed by atoms with Crippen molar-refractivity contribution in [2.45, 2.75) is 27.2 Å². The summed E-state index contributed by atoms with van der Waals surface area (Å²) in [5, 5.41) is 11.7. The van der Waals surface area contributed by atoms with E-state index < -0.39 is 0 Å². The number of ketones is 2. The Morgan fingerprint density at radius 1 is 1.09 bits per heavy atom. The lowest BCUT2D eigenvalue weighted by Gasteiger charge is -2.08. The van der Waals surface area contributed by atoms with Crippen LogP contribution in [0, 0.1) is 13.8 Å². The van der Waals surface area contributed by atoms with E-state index in [1.54, 1.807) is 19.1 Å². The molecule has 0 spiro atoms. The molecule has 0 saturated heterocycles. The molecule has 0 fully saturated rings. The molecule has 166 valence electrons. The van der Waals surface area contributed by atoms with Crippen LogP contribution in [0.5, 0.6) is 5.75 Å². The zero-order valence-corrected chi connectivity index (χ0v) is 18.5. The van der Waals surface area contributed by atoms with E-state index in [9.17, 15) is 14.4 Å². The lowest BCUT2D eigenvalue weighted by Crippen LogP contribution is -2.25. The van der Waals surface area contributed by atoms with E-state index in [0.29, 0.717) is 35.5 Å². The highest BCUT2D eigenvalue weighted by atomic mass is 16.5. The van der Waals surface area contributed by atoms with Gasteiger partial charge in [-0.15, -0.1) is 0 Å². The summed E-state index contributed by atoms with van der Waals surface area (Å²) in [4.78, 5) is 34.2. The number of H-pyrrole nitrogens is 1. The smallest absolute Gasteiger partial charge is 0.318 e. The van der Waals surface area contributed by atoms with Crippen molar-refractivity contribution in [1.29, 1.82) is 0 Å². The molecule has 2 amide bonds. The van der Waals surface area contributed by atoms with Crippen LogP contribution in [0.2, 0.25) is 0 Å². The maximum absolute atomic E-state index is 12.2. The average molecular weight is 434 g/mol. The number of fused-ring (bicyclic) bond motifs is 3. The minimum Gasteiger partial charge on any atom is -0.493 e. The average Bonchev–Trinajstić information content (AvgIpc) is 3.34. The number of nitrogens with zero attached hydrogens (tertiary/aromatic N) is 1. The van der Waals surface area contributed by atoms with Crippen molar-refractivity contribution in [2.75, 3.05) is 19.0 Å². The number of hydrogen-bond donors (Lipinski definition) is 3. The number of hydrogen-bond acceptors (Lipinski definition) is 5. The zero-order chi connectivity index (χ0) is 23.3. The van der Waals surface area contributed by atoms with Crippen LogP contribution < -0.4 is 15.4 Å². The molecule has 0 aliphatic heterocycles. The highest BCUT2D eigenvalue weighted by Crippen LogP contribution is 2.38. The number of amides is 2. The van der Waals surface area contributed by atoms with E-state index in [4.69, 9.17) is 4.74 Å². The summed E-state index contributed by atoms with van der Waals surface area (Å²) in [6, 6.07) is 10.9. The molecule has 3 N–H and O–H groups in total. The van der Waals surface area contributed by atoms with E-state index in [2.05, 4.69) is 27.8 Å². The van der Waals surface area contributed by atoms with Gasteiger partial charge in [0.2, 0.25) is 0 Å². The summed E-state index contributed by atoms with van der Waals surface area (Å²) in [6.45, 7) is 6.16. The third-order valence-electron chi connectivity index (χ3n) is 5.12. The normalized spacial score (nSPS) is 11.1. The van der Waals surface area contributed by atoms with Gasteiger partial charge in [-0.25, -0.2) is 4.79 Å².